The largest absolute Gasteiger partial charge is 0.465 e. The van der Waals surface area contributed by atoms with Crippen molar-refractivity contribution >= 4 is 5.97 Å². The van der Waals surface area contributed by atoms with Crippen LogP contribution in [0.3, 0.4) is 0 Å². The number of unbranched alkanes of at least 4 members (excludes halogenated alkanes) is 4. The third kappa shape index (κ3) is 15.3. The number of hydrogen-bond donors (Lipinski definition) is 2. The van der Waals surface area contributed by atoms with Gasteiger partial charge in [0.15, 0.2) is 0 Å². The maximum Gasteiger partial charge on any atom is 0.305 e. The number of carbonyl (C=O) groups is 1. The second-order valence-corrected chi connectivity index (χ2v) is 5.36. The van der Waals surface area contributed by atoms with E-state index in [1.165, 1.54) is 0 Å². The monoisotopic (exact) mass is 300 g/mol. The number of esters is 1. The van der Waals surface area contributed by atoms with Crippen LogP contribution < -0.4 is 0 Å². The second kappa shape index (κ2) is 15.5. The summed E-state index contributed by atoms with van der Waals surface area (Å²) in [5, 5.41) is 18.4. The summed E-state index contributed by atoms with van der Waals surface area (Å²) in [4.78, 5) is 11.4. The Morgan fingerprint density at radius 1 is 1.10 bits per heavy atom. The van der Waals surface area contributed by atoms with Crippen LogP contribution in [0.15, 0.2) is 12.2 Å². The molecule has 1 unspecified atom stereocenters. The second-order valence-electron chi connectivity index (χ2n) is 5.36. The molecule has 0 radical (unpaired) electrons. The van der Waals surface area contributed by atoms with Gasteiger partial charge in [0.2, 0.25) is 0 Å². The summed E-state index contributed by atoms with van der Waals surface area (Å²) in [7, 11) is 0. The Hall–Kier alpha value is -0.870. The lowest BCUT2D eigenvalue weighted by molar-refractivity contribution is -0.144. The number of ether oxygens (including phenoxy) is 1. The van der Waals surface area contributed by atoms with Crippen LogP contribution in [-0.4, -0.2) is 35.5 Å². The van der Waals surface area contributed by atoms with E-state index >= 15 is 0 Å². The third-order valence-corrected chi connectivity index (χ3v) is 3.33. The molecule has 0 aliphatic rings. The Morgan fingerprint density at radius 2 is 1.81 bits per heavy atom. The van der Waals surface area contributed by atoms with Crippen molar-refractivity contribution in [2.75, 3.05) is 13.2 Å². The first-order valence-electron chi connectivity index (χ1n) is 8.30. The van der Waals surface area contributed by atoms with Gasteiger partial charge >= 0.3 is 5.97 Å². The van der Waals surface area contributed by atoms with Gasteiger partial charge in [-0.15, -0.1) is 0 Å². The van der Waals surface area contributed by atoms with Gasteiger partial charge in [0.05, 0.1) is 12.7 Å². The Balaban J connectivity index is 3.40. The fraction of sp³-hybridized carbons (Fsp3) is 0.824. The Kier molecular flexibility index (Phi) is 14.9. The molecular formula is C17H32O4. The van der Waals surface area contributed by atoms with Gasteiger partial charge in [0.25, 0.3) is 0 Å². The van der Waals surface area contributed by atoms with E-state index in [1.54, 1.807) is 0 Å². The first kappa shape index (κ1) is 20.1. The number of rotatable bonds is 14. The van der Waals surface area contributed by atoms with Crippen molar-refractivity contribution < 1.29 is 19.7 Å². The molecule has 0 aliphatic heterocycles. The predicted octanol–water partition coefficient (Wildman–Crippen LogP) is 3.36. The maximum absolute atomic E-state index is 11.4. The van der Waals surface area contributed by atoms with E-state index in [0.29, 0.717) is 19.4 Å². The summed E-state index contributed by atoms with van der Waals surface area (Å²) >= 11 is 0. The van der Waals surface area contributed by atoms with E-state index in [1.807, 2.05) is 6.08 Å². The molecule has 1 atom stereocenters. The highest BCUT2D eigenvalue weighted by Crippen LogP contribution is 2.11. The normalized spacial score (nSPS) is 12.7. The predicted molar refractivity (Wildman–Crippen MR) is 85.0 cm³/mol. The van der Waals surface area contributed by atoms with Crippen LogP contribution in [0.25, 0.3) is 0 Å². The van der Waals surface area contributed by atoms with Crippen molar-refractivity contribution in [1.82, 2.24) is 0 Å². The molecule has 124 valence electrons. The lowest BCUT2D eigenvalue weighted by atomic mass is 10.0. The number of hydrogen-bond acceptors (Lipinski definition) is 4. The SMILES string of the molecule is CCC=CCCOC(=O)CCC(O)CCCCCCCO. The molecule has 0 aromatic heterocycles. The van der Waals surface area contributed by atoms with Crippen LogP contribution in [0.4, 0.5) is 0 Å². The van der Waals surface area contributed by atoms with Gasteiger partial charge in [-0.05, 0) is 32.1 Å². The molecule has 21 heavy (non-hydrogen) atoms. The van der Waals surface area contributed by atoms with Crippen molar-refractivity contribution in [2.45, 2.75) is 77.2 Å². The molecule has 0 aromatic rings. The average Bonchev–Trinajstić information content (AvgIpc) is 2.48. The quantitative estimate of drug-likeness (QED) is 0.293. The lowest BCUT2D eigenvalue weighted by Crippen LogP contribution is -2.12. The minimum Gasteiger partial charge on any atom is -0.465 e. The van der Waals surface area contributed by atoms with Gasteiger partial charge in [0.1, 0.15) is 0 Å². The maximum atomic E-state index is 11.4. The molecular weight excluding hydrogens is 268 g/mol. The number of aliphatic hydroxyl groups excluding tert-OH is 2. The minimum absolute atomic E-state index is 0.220. The zero-order valence-electron chi connectivity index (χ0n) is 13.4. The van der Waals surface area contributed by atoms with Gasteiger partial charge in [-0.25, -0.2) is 0 Å². The van der Waals surface area contributed by atoms with E-state index in [-0.39, 0.29) is 12.6 Å². The molecule has 0 saturated heterocycles. The van der Waals surface area contributed by atoms with Crippen LogP contribution in [-0.2, 0) is 9.53 Å². The molecule has 0 aliphatic carbocycles. The van der Waals surface area contributed by atoms with Crippen LogP contribution in [0.1, 0.15) is 71.1 Å². The molecule has 0 heterocycles. The van der Waals surface area contributed by atoms with Crippen LogP contribution in [0.2, 0.25) is 0 Å². The van der Waals surface area contributed by atoms with Crippen molar-refractivity contribution in [3.05, 3.63) is 12.2 Å². The van der Waals surface area contributed by atoms with E-state index < -0.39 is 6.10 Å². The molecule has 4 heteroatoms. The van der Waals surface area contributed by atoms with Gasteiger partial charge in [-0.3, -0.25) is 4.79 Å². The molecule has 4 nitrogen and oxygen atoms in total. The van der Waals surface area contributed by atoms with Gasteiger partial charge in [-0.1, -0.05) is 44.8 Å². The highest BCUT2D eigenvalue weighted by molar-refractivity contribution is 5.69. The topological polar surface area (TPSA) is 66.8 Å². The van der Waals surface area contributed by atoms with Crippen LogP contribution >= 0.6 is 0 Å². The molecule has 2 N–H and O–H groups in total. The van der Waals surface area contributed by atoms with Gasteiger partial charge in [-0.2, -0.15) is 0 Å². The van der Waals surface area contributed by atoms with Crippen molar-refractivity contribution in [3.63, 3.8) is 0 Å². The summed E-state index contributed by atoms with van der Waals surface area (Å²) in [6, 6.07) is 0. The number of carbonyl (C=O) groups excluding carboxylic acids is 1. The van der Waals surface area contributed by atoms with Crippen molar-refractivity contribution in [3.8, 4) is 0 Å². The summed E-state index contributed by atoms with van der Waals surface area (Å²) in [5.41, 5.74) is 0. The van der Waals surface area contributed by atoms with Gasteiger partial charge in [0, 0.05) is 13.0 Å². The van der Waals surface area contributed by atoms with E-state index in [0.717, 1.165) is 51.4 Å². The zero-order chi connectivity index (χ0) is 15.8. The summed E-state index contributed by atoms with van der Waals surface area (Å²) < 4.78 is 5.08. The minimum atomic E-state index is -0.407. The lowest BCUT2D eigenvalue weighted by Gasteiger charge is -2.10. The fourth-order valence-electron chi connectivity index (χ4n) is 2.05. The summed E-state index contributed by atoms with van der Waals surface area (Å²) in [5.74, 6) is -0.220. The average molecular weight is 300 g/mol. The first-order chi connectivity index (χ1) is 10.2. The molecule has 0 amide bonds. The molecule has 0 rings (SSSR count). The number of allylic oxidation sites excluding steroid dienone is 1. The molecule has 0 fully saturated rings. The molecule has 0 aromatic carbocycles. The third-order valence-electron chi connectivity index (χ3n) is 3.33. The van der Waals surface area contributed by atoms with Crippen LogP contribution in [0, 0.1) is 0 Å². The molecule has 0 bridgehead atoms. The van der Waals surface area contributed by atoms with Crippen molar-refractivity contribution in [2.24, 2.45) is 0 Å². The van der Waals surface area contributed by atoms with E-state index in [9.17, 15) is 9.90 Å². The Morgan fingerprint density at radius 3 is 2.52 bits per heavy atom. The fourth-order valence-corrected chi connectivity index (χ4v) is 2.05. The van der Waals surface area contributed by atoms with E-state index in [4.69, 9.17) is 9.84 Å². The van der Waals surface area contributed by atoms with Crippen LogP contribution in [0.5, 0.6) is 0 Å². The number of aliphatic hydroxyl groups is 2. The van der Waals surface area contributed by atoms with Gasteiger partial charge < -0.3 is 14.9 Å². The summed E-state index contributed by atoms with van der Waals surface area (Å²) in [6.07, 6.45) is 12.0. The molecule has 0 saturated carbocycles. The smallest absolute Gasteiger partial charge is 0.305 e. The first-order valence-corrected chi connectivity index (χ1v) is 8.30. The van der Waals surface area contributed by atoms with Crippen molar-refractivity contribution in [1.29, 1.82) is 0 Å². The van der Waals surface area contributed by atoms with E-state index in [2.05, 4.69) is 13.0 Å². The Labute approximate surface area is 129 Å². The summed E-state index contributed by atoms with van der Waals surface area (Å²) in [6.45, 7) is 2.76. The standard InChI is InChI=1S/C17H32O4/c1-2-3-4-10-15-21-17(20)13-12-16(19)11-8-6-5-7-9-14-18/h3-4,16,18-19H,2,5-15H2,1H3. The zero-order valence-corrected chi connectivity index (χ0v) is 13.4. The molecule has 0 spiro atoms. The highest BCUT2D eigenvalue weighted by atomic mass is 16.5. The Bertz CT molecular complexity index is 264. The highest BCUT2D eigenvalue weighted by Gasteiger charge is 2.08.